The van der Waals surface area contributed by atoms with Crippen LogP contribution in [0.1, 0.15) is 19.4 Å². The van der Waals surface area contributed by atoms with Crippen LogP contribution in [0.2, 0.25) is 5.02 Å². The molecule has 0 aromatic heterocycles. The number of hydrogen-bond donors (Lipinski definition) is 2. The average molecular weight is 321 g/mol. The fraction of sp³-hybridized carbons (Fsp3) is 0.235. The van der Waals surface area contributed by atoms with Crippen molar-refractivity contribution in [3.8, 4) is 0 Å². The van der Waals surface area contributed by atoms with E-state index in [-0.39, 0.29) is 10.9 Å². The predicted octanol–water partition coefficient (Wildman–Crippen LogP) is 4.48. The SMILES string of the molecule is CCc1ccc(NC(C)C(=O)Nc2ccc(F)cc2Cl)cc1. The van der Waals surface area contributed by atoms with E-state index in [2.05, 4.69) is 17.6 Å². The van der Waals surface area contributed by atoms with E-state index in [4.69, 9.17) is 11.6 Å². The number of rotatable bonds is 5. The Labute approximate surface area is 134 Å². The van der Waals surface area contributed by atoms with E-state index >= 15 is 0 Å². The lowest BCUT2D eigenvalue weighted by Crippen LogP contribution is -2.31. The molecule has 1 amide bonds. The number of anilines is 2. The highest BCUT2D eigenvalue weighted by atomic mass is 35.5. The van der Waals surface area contributed by atoms with Crippen molar-refractivity contribution in [2.24, 2.45) is 0 Å². The van der Waals surface area contributed by atoms with Crippen LogP contribution in [0, 0.1) is 5.82 Å². The van der Waals surface area contributed by atoms with Crippen LogP contribution < -0.4 is 10.6 Å². The molecule has 0 radical (unpaired) electrons. The van der Waals surface area contributed by atoms with Gasteiger partial charge in [-0.3, -0.25) is 4.79 Å². The molecular formula is C17H18ClFN2O. The second kappa shape index (κ2) is 7.27. The van der Waals surface area contributed by atoms with Crippen LogP contribution in [0.25, 0.3) is 0 Å². The minimum Gasteiger partial charge on any atom is -0.374 e. The van der Waals surface area contributed by atoms with Crippen LogP contribution in [-0.4, -0.2) is 11.9 Å². The third-order valence-electron chi connectivity index (χ3n) is 3.33. The number of aryl methyl sites for hydroxylation is 1. The number of halogens is 2. The Bertz CT molecular complexity index is 658. The Morgan fingerprint density at radius 1 is 1.23 bits per heavy atom. The van der Waals surface area contributed by atoms with Crippen LogP contribution in [0.3, 0.4) is 0 Å². The molecule has 116 valence electrons. The number of nitrogens with one attached hydrogen (secondary N) is 2. The maximum atomic E-state index is 13.0. The first-order chi connectivity index (χ1) is 10.5. The molecule has 0 aliphatic heterocycles. The molecule has 0 aliphatic rings. The number of benzene rings is 2. The van der Waals surface area contributed by atoms with Gasteiger partial charge in [-0.05, 0) is 49.2 Å². The molecule has 1 unspecified atom stereocenters. The number of carbonyl (C=O) groups excluding carboxylic acids is 1. The molecule has 1 atom stereocenters. The lowest BCUT2D eigenvalue weighted by Gasteiger charge is -2.16. The summed E-state index contributed by atoms with van der Waals surface area (Å²) in [6.45, 7) is 3.84. The summed E-state index contributed by atoms with van der Waals surface area (Å²) in [6.07, 6.45) is 0.972. The Morgan fingerprint density at radius 3 is 2.50 bits per heavy atom. The molecule has 5 heteroatoms. The molecule has 0 saturated heterocycles. The van der Waals surface area contributed by atoms with Gasteiger partial charge in [0.2, 0.25) is 5.91 Å². The minimum absolute atomic E-state index is 0.174. The summed E-state index contributed by atoms with van der Waals surface area (Å²) >= 11 is 5.90. The normalized spacial score (nSPS) is 11.8. The van der Waals surface area contributed by atoms with Crippen LogP contribution in [0.4, 0.5) is 15.8 Å². The zero-order chi connectivity index (χ0) is 16.1. The molecule has 2 N–H and O–H groups in total. The largest absolute Gasteiger partial charge is 0.374 e. The van der Waals surface area contributed by atoms with Gasteiger partial charge in [-0.25, -0.2) is 4.39 Å². The van der Waals surface area contributed by atoms with Crippen LogP contribution in [0.5, 0.6) is 0 Å². The average Bonchev–Trinajstić information content (AvgIpc) is 2.50. The first-order valence-corrected chi connectivity index (χ1v) is 7.48. The van der Waals surface area contributed by atoms with Crippen molar-refractivity contribution in [1.82, 2.24) is 0 Å². The van der Waals surface area contributed by atoms with E-state index in [1.807, 2.05) is 24.3 Å². The van der Waals surface area contributed by atoms with E-state index in [1.165, 1.54) is 23.8 Å². The highest BCUT2D eigenvalue weighted by Crippen LogP contribution is 2.22. The summed E-state index contributed by atoms with van der Waals surface area (Å²) < 4.78 is 13.0. The highest BCUT2D eigenvalue weighted by molar-refractivity contribution is 6.33. The van der Waals surface area contributed by atoms with Crippen molar-refractivity contribution in [2.45, 2.75) is 26.3 Å². The molecular weight excluding hydrogens is 303 g/mol. The van der Waals surface area contributed by atoms with Crippen molar-refractivity contribution in [3.63, 3.8) is 0 Å². The molecule has 0 spiro atoms. The van der Waals surface area contributed by atoms with E-state index < -0.39 is 11.9 Å². The Morgan fingerprint density at radius 2 is 1.91 bits per heavy atom. The first-order valence-electron chi connectivity index (χ1n) is 7.11. The summed E-state index contributed by atoms with van der Waals surface area (Å²) in [5, 5.41) is 5.97. The summed E-state index contributed by atoms with van der Waals surface area (Å²) in [7, 11) is 0. The standard InChI is InChI=1S/C17H18ClFN2O/c1-3-12-4-7-14(8-5-12)20-11(2)17(22)21-16-9-6-13(19)10-15(16)18/h4-11,20H,3H2,1-2H3,(H,21,22). The van der Waals surface area contributed by atoms with Gasteiger partial charge in [0.05, 0.1) is 10.7 Å². The molecule has 2 aromatic rings. The fourth-order valence-corrected chi connectivity index (χ4v) is 2.20. The van der Waals surface area contributed by atoms with Gasteiger partial charge in [0, 0.05) is 5.69 Å². The zero-order valence-corrected chi connectivity index (χ0v) is 13.2. The summed E-state index contributed by atoms with van der Waals surface area (Å²) in [5.41, 5.74) is 2.49. The molecule has 0 bridgehead atoms. The van der Waals surface area contributed by atoms with Gasteiger partial charge in [-0.15, -0.1) is 0 Å². The number of amides is 1. The molecule has 0 heterocycles. The van der Waals surface area contributed by atoms with Crippen LogP contribution in [0.15, 0.2) is 42.5 Å². The second-order valence-corrected chi connectivity index (χ2v) is 5.44. The molecule has 2 aromatic carbocycles. The van der Waals surface area contributed by atoms with Crippen LogP contribution in [-0.2, 0) is 11.2 Å². The predicted molar refractivity (Wildman–Crippen MR) is 88.9 cm³/mol. The van der Waals surface area contributed by atoms with E-state index in [0.717, 1.165) is 12.1 Å². The summed E-state index contributed by atoms with van der Waals surface area (Å²) in [4.78, 5) is 12.2. The van der Waals surface area contributed by atoms with Crippen molar-refractivity contribution in [3.05, 3.63) is 58.9 Å². The molecule has 0 aliphatic carbocycles. The van der Waals surface area contributed by atoms with Crippen molar-refractivity contribution >= 4 is 28.9 Å². The monoisotopic (exact) mass is 320 g/mol. The number of carbonyl (C=O) groups is 1. The second-order valence-electron chi connectivity index (χ2n) is 5.03. The zero-order valence-electron chi connectivity index (χ0n) is 12.5. The summed E-state index contributed by atoms with van der Waals surface area (Å²) in [5.74, 6) is -0.682. The highest BCUT2D eigenvalue weighted by Gasteiger charge is 2.14. The molecule has 22 heavy (non-hydrogen) atoms. The third kappa shape index (κ3) is 4.21. The van der Waals surface area contributed by atoms with Gasteiger partial charge in [-0.1, -0.05) is 30.7 Å². The quantitative estimate of drug-likeness (QED) is 0.852. The van der Waals surface area contributed by atoms with Gasteiger partial charge >= 0.3 is 0 Å². The smallest absolute Gasteiger partial charge is 0.246 e. The van der Waals surface area contributed by atoms with Gasteiger partial charge in [0.1, 0.15) is 11.9 Å². The van der Waals surface area contributed by atoms with Gasteiger partial charge in [0.25, 0.3) is 0 Å². The molecule has 0 saturated carbocycles. The lowest BCUT2D eigenvalue weighted by atomic mass is 10.1. The minimum atomic E-state index is -0.450. The van der Waals surface area contributed by atoms with Gasteiger partial charge in [0.15, 0.2) is 0 Å². The van der Waals surface area contributed by atoms with E-state index in [1.54, 1.807) is 6.92 Å². The van der Waals surface area contributed by atoms with Crippen molar-refractivity contribution in [1.29, 1.82) is 0 Å². The maximum absolute atomic E-state index is 13.0. The number of hydrogen-bond acceptors (Lipinski definition) is 2. The maximum Gasteiger partial charge on any atom is 0.246 e. The molecule has 0 fully saturated rings. The molecule has 2 rings (SSSR count). The Hall–Kier alpha value is -2.07. The molecule has 3 nitrogen and oxygen atoms in total. The van der Waals surface area contributed by atoms with Gasteiger partial charge in [-0.2, -0.15) is 0 Å². The fourth-order valence-electron chi connectivity index (χ4n) is 1.98. The Balaban J connectivity index is 1.99. The Kier molecular flexibility index (Phi) is 5.39. The lowest BCUT2D eigenvalue weighted by molar-refractivity contribution is -0.116. The van der Waals surface area contributed by atoms with Crippen LogP contribution >= 0.6 is 11.6 Å². The summed E-state index contributed by atoms with van der Waals surface area (Å²) in [6, 6.07) is 11.3. The van der Waals surface area contributed by atoms with E-state index in [0.29, 0.717) is 5.69 Å². The van der Waals surface area contributed by atoms with Gasteiger partial charge < -0.3 is 10.6 Å². The first kappa shape index (κ1) is 16.3. The third-order valence-corrected chi connectivity index (χ3v) is 3.64. The van der Waals surface area contributed by atoms with E-state index in [9.17, 15) is 9.18 Å². The topological polar surface area (TPSA) is 41.1 Å². The van der Waals surface area contributed by atoms with Crippen molar-refractivity contribution < 1.29 is 9.18 Å². The van der Waals surface area contributed by atoms with Crippen molar-refractivity contribution in [2.75, 3.05) is 10.6 Å².